The van der Waals surface area contributed by atoms with E-state index in [1.54, 1.807) is 23.1 Å². The number of carbonyl (C=O) groups excluding carboxylic acids is 1. The smallest absolute Gasteiger partial charge is 0.326 e. The van der Waals surface area contributed by atoms with Crippen molar-refractivity contribution in [2.75, 3.05) is 32.9 Å². The molecular weight excluding hydrogens is 340 g/mol. The normalized spacial score (nSPS) is 19.7. The second-order valence-electron chi connectivity index (χ2n) is 6.92. The molecule has 142 valence electrons. The lowest BCUT2D eigenvalue weighted by atomic mass is 9.83. The number of benzene rings is 1. The van der Waals surface area contributed by atoms with Crippen molar-refractivity contribution in [2.45, 2.75) is 24.8 Å². The number of carboxylic acid groups (broad SMARTS) is 1. The molecule has 1 fully saturated rings. The fourth-order valence-corrected chi connectivity index (χ4v) is 3.43. The highest BCUT2D eigenvalue weighted by atomic mass is 16.6. The number of likely N-dealkylation sites (tertiary alicyclic amines) is 1. The first-order valence-electron chi connectivity index (χ1n) is 8.75. The van der Waals surface area contributed by atoms with Crippen molar-refractivity contribution in [3.8, 4) is 11.5 Å². The van der Waals surface area contributed by atoms with E-state index in [1.165, 1.54) is 0 Å². The summed E-state index contributed by atoms with van der Waals surface area (Å²) in [6, 6.07) is 5.17. The predicted molar refractivity (Wildman–Crippen MR) is 92.3 cm³/mol. The standard InChI is InChI=1S/C18H24N2O6/c19-18(11-21,17(23)24)10-12-3-5-20(6-4-12)16(22)13-1-2-14-15(9-13)26-8-7-25-14/h1-2,9,12,21H,3-8,10-11,19H2,(H,23,24). The molecule has 0 aliphatic carbocycles. The van der Waals surface area contributed by atoms with Gasteiger partial charge in [-0.15, -0.1) is 0 Å². The SMILES string of the molecule is NC(CO)(CC1CCN(C(=O)c2ccc3c(c2)OCCO3)CC1)C(=O)O. The Kier molecular flexibility index (Phi) is 5.33. The van der Waals surface area contributed by atoms with Crippen molar-refractivity contribution in [2.24, 2.45) is 11.7 Å². The van der Waals surface area contributed by atoms with Gasteiger partial charge in [-0.05, 0) is 43.4 Å². The Morgan fingerprint density at radius 2 is 1.85 bits per heavy atom. The summed E-state index contributed by atoms with van der Waals surface area (Å²) in [7, 11) is 0. The average molecular weight is 364 g/mol. The van der Waals surface area contributed by atoms with Crippen molar-refractivity contribution in [3.05, 3.63) is 23.8 Å². The molecule has 2 aliphatic heterocycles. The monoisotopic (exact) mass is 364 g/mol. The number of aliphatic hydroxyl groups excluding tert-OH is 1. The fourth-order valence-electron chi connectivity index (χ4n) is 3.43. The minimum atomic E-state index is -1.62. The minimum Gasteiger partial charge on any atom is -0.486 e. The van der Waals surface area contributed by atoms with Crippen LogP contribution in [0.25, 0.3) is 0 Å². The van der Waals surface area contributed by atoms with Gasteiger partial charge in [0.1, 0.15) is 18.8 Å². The van der Waals surface area contributed by atoms with Gasteiger partial charge in [-0.1, -0.05) is 0 Å². The highest BCUT2D eigenvalue weighted by Gasteiger charge is 2.37. The zero-order chi connectivity index (χ0) is 18.7. The topological polar surface area (TPSA) is 122 Å². The lowest BCUT2D eigenvalue weighted by Gasteiger charge is -2.35. The Morgan fingerprint density at radius 1 is 1.19 bits per heavy atom. The van der Waals surface area contributed by atoms with Crippen LogP contribution in [-0.2, 0) is 4.79 Å². The van der Waals surface area contributed by atoms with Gasteiger partial charge in [0.2, 0.25) is 0 Å². The fraction of sp³-hybridized carbons (Fsp3) is 0.556. The van der Waals surface area contributed by atoms with Gasteiger partial charge in [0, 0.05) is 18.7 Å². The summed E-state index contributed by atoms with van der Waals surface area (Å²) >= 11 is 0. The number of nitrogens with zero attached hydrogens (tertiary/aromatic N) is 1. The van der Waals surface area contributed by atoms with E-state index in [0.29, 0.717) is 56.2 Å². The Balaban J connectivity index is 1.59. The summed E-state index contributed by atoms with van der Waals surface area (Å²) in [5.74, 6) is -0.0000447. The molecule has 2 heterocycles. The van der Waals surface area contributed by atoms with Crippen molar-refractivity contribution in [3.63, 3.8) is 0 Å². The Labute approximate surface area is 151 Å². The maximum Gasteiger partial charge on any atom is 0.326 e. The molecule has 3 rings (SSSR count). The molecule has 26 heavy (non-hydrogen) atoms. The average Bonchev–Trinajstić information content (AvgIpc) is 2.67. The highest BCUT2D eigenvalue weighted by Crippen LogP contribution is 2.32. The first-order valence-corrected chi connectivity index (χ1v) is 8.75. The number of rotatable bonds is 5. The number of carbonyl (C=O) groups is 2. The quantitative estimate of drug-likeness (QED) is 0.694. The van der Waals surface area contributed by atoms with Crippen molar-refractivity contribution >= 4 is 11.9 Å². The summed E-state index contributed by atoms with van der Waals surface area (Å²) in [5, 5.41) is 18.5. The molecule has 0 saturated carbocycles. The van der Waals surface area contributed by atoms with Crippen LogP contribution in [0.2, 0.25) is 0 Å². The summed E-state index contributed by atoms with van der Waals surface area (Å²) in [4.78, 5) is 25.7. The van der Waals surface area contributed by atoms with E-state index < -0.39 is 18.1 Å². The van der Waals surface area contributed by atoms with E-state index in [1.807, 2.05) is 0 Å². The molecule has 0 aromatic heterocycles. The zero-order valence-corrected chi connectivity index (χ0v) is 14.5. The van der Waals surface area contributed by atoms with Crippen molar-refractivity contribution < 1.29 is 29.3 Å². The van der Waals surface area contributed by atoms with E-state index in [9.17, 15) is 19.8 Å². The molecule has 2 aliphatic rings. The molecule has 1 aromatic carbocycles. The summed E-state index contributed by atoms with van der Waals surface area (Å²) in [6.07, 6.45) is 1.51. The lowest BCUT2D eigenvalue weighted by Crippen LogP contribution is -2.53. The second-order valence-corrected chi connectivity index (χ2v) is 6.92. The number of piperidine rings is 1. The van der Waals surface area contributed by atoms with Crippen LogP contribution in [0.15, 0.2) is 18.2 Å². The molecule has 8 nitrogen and oxygen atoms in total. The van der Waals surface area contributed by atoms with E-state index in [2.05, 4.69) is 0 Å². The van der Waals surface area contributed by atoms with Crippen LogP contribution in [0.4, 0.5) is 0 Å². The third-order valence-corrected chi connectivity index (χ3v) is 5.05. The molecule has 8 heteroatoms. The summed E-state index contributed by atoms with van der Waals surface area (Å²) in [5.41, 5.74) is 4.69. The minimum absolute atomic E-state index is 0.0626. The number of ether oxygens (including phenoxy) is 2. The van der Waals surface area contributed by atoms with E-state index in [4.69, 9.17) is 15.2 Å². The molecule has 0 radical (unpaired) electrons. The molecule has 1 amide bonds. The van der Waals surface area contributed by atoms with Gasteiger partial charge >= 0.3 is 5.97 Å². The van der Waals surface area contributed by atoms with Crippen LogP contribution in [0.5, 0.6) is 11.5 Å². The van der Waals surface area contributed by atoms with Gasteiger partial charge in [-0.2, -0.15) is 0 Å². The van der Waals surface area contributed by atoms with Gasteiger partial charge in [0.05, 0.1) is 6.61 Å². The first-order chi connectivity index (χ1) is 12.4. The molecule has 0 bridgehead atoms. The van der Waals surface area contributed by atoms with Gasteiger partial charge in [-0.25, -0.2) is 0 Å². The number of aliphatic carboxylic acids is 1. The number of nitrogens with two attached hydrogens (primary N) is 1. The Hall–Kier alpha value is -2.32. The number of fused-ring (bicyclic) bond motifs is 1. The third-order valence-electron chi connectivity index (χ3n) is 5.05. The number of aliphatic hydroxyl groups is 1. The molecule has 0 spiro atoms. The maximum absolute atomic E-state index is 12.7. The number of carboxylic acids is 1. The molecular formula is C18H24N2O6. The van der Waals surface area contributed by atoms with Crippen LogP contribution in [0, 0.1) is 5.92 Å². The van der Waals surface area contributed by atoms with E-state index >= 15 is 0 Å². The Morgan fingerprint density at radius 3 is 2.46 bits per heavy atom. The third kappa shape index (κ3) is 3.76. The van der Waals surface area contributed by atoms with Crippen molar-refractivity contribution in [1.29, 1.82) is 0 Å². The molecule has 1 aromatic rings. The van der Waals surface area contributed by atoms with Crippen LogP contribution < -0.4 is 15.2 Å². The van der Waals surface area contributed by atoms with Gasteiger partial charge in [-0.3, -0.25) is 9.59 Å². The molecule has 4 N–H and O–H groups in total. The number of hydrogen-bond acceptors (Lipinski definition) is 6. The van der Waals surface area contributed by atoms with Gasteiger partial charge in [0.25, 0.3) is 5.91 Å². The lowest BCUT2D eigenvalue weighted by molar-refractivity contribution is -0.146. The number of amides is 1. The maximum atomic E-state index is 12.7. The highest BCUT2D eigenvalue weighted by molar-refractivity contribution is 5.95. The number of hydrogen-bond donors (Lipinski definition) is 3. The van der Waals surface area contributed by atoms with Crippen LogP contribution >= 0.6 is 0 Å². The van der Waals surface area contributed by atoms with Gasteiger partial charge < -0.3 is 30.3 Å². The van der Waals surface area contributed by atoms with Crippen LogP contribution in [0.3, 0.4) is 0 Å². The molecule has 1 saturated heterocycles. The van der Waals surface area contributed by atoms with Gasteiger partial charge in [0.15, 0.2) is 11.5 Å². The molecule has 1 unspecified atom stereocenters. The second kappa shape index (κ2) is 7.51. The van der Waals surface area contributed by atoms with E-state index in [0.717, 1.165) is 0 Å². The van der Waals surface area contributed by atoms with Crippen LogP contribution in [-0.4, -0.2) is 65.4 Å². The van der Waals surface area contributed by atoms with Crippen molar-refractivity contribution in [1.82, 2.24) is 4.90 Å². The largest absolute Gasteiger partial charge is 0.486 e. The zero-order valence-electron chi connectivity index (χ0n) is 14.5. The summed E-state index contributed by atoms with van der Waals surface area (Å²) in [6.45, 7) is 1.42. The predicted octanol–water partition coefficient (Wildman–Crippen LogP) is 0.474. The Bertz CT molecular complexity index is 686. The first kappa shape index (κ1) is 18.5. The molecule has 1 atom stereocenters. The summed E-state index contributed by atoms with van der Waals surface area (Å²) < 4.78 is 11.0. The van der Waals surface area contributed by atoms with E-state index in [-0.39, 0.29) is 18.2 Å². The van der Waals surface area contributed by atoms with Crippen LogP contribution in [0.1, 0.15) is 29.6 Å².